The highest BCUT2D eigenvalue weighted by Crippen LogP contribution is 2.26. The number of rotatable bonds is 2. The number of benzene rings is 2. The number of phenolic OH excluding ortho intramolecular Hbond substituents is 1. The Kier molecular flexibility index (Phi) is 3.90. The Labute approximate surface area is 115 Å². The molecule has 6 heteroatoms. The summed E-state index contributed by atoms with van der Waals surface area (Å²) in [5.74, 6) is -2.98. The molecule has 0 heterocycles. The van der Waals surface area contributed by atoms with Gasteiger partial charge in [0, 0.05) is 17.8 Å². The fourth-order valence-corrected chi connectivity index (χ4v) is 1.72. The fraction of sp³-hybridized carbons (Fsp3) is 0. The molecule has 0 atom stereocenters. The number of hydrogen-bond donors (Lipinski definition) is 1. The summed E-state index contributed by atoms with van der Waals surface area (Å²) in [4.78, 5) is 3.76. The number of hydrogen-bond acceptors (Lipinski definition) is 2. The molecular formula is C13H7BrF3NO. The van der Waals surface area contributed by atoms with E-state index in [-0.39, 0.29) is 15.7 Å². The summed E-state index contributed by atoms with van der Waals surface area (Å²) in [6, 6.07) is 5.72. The second-order valence-corrected chi connectivity index (χ2v) is 4.51. The second-order valence-electron chi connectivity index (χ2n) is 3.65. The molecule has 19 heavy (non-hydrogen) atoms. The lowest BCUT2D eigenvalue weighted by atomic mass is 10.2. The van der Waals surface area contributed by atoms with E-state index in [1.807, 2.05) is 0 Å². The largest absolute Gasteiger partial charge is 0.504 e. The van der Waals surface area contributed by atoms with E-state index in [2.05, 4.69) is 20.9 Å². The molecule has 0 bridgehead atoms. The van der Waals surface area contributed by atoms with Crippen LogP contribution in [-0.2, 0) is 0 Å². The highest BCUT2D eigenvalue weighted by molar-refractivity contribution is 9.10. The van der Waals surface area contributed by atoms with Gasteiger partial charge >= 0.3 is 0 Å². The predicted octanol–water partition coefficient (Wildman–Crippen LogP) is 4.32. The van der Waals surface area contributed by atoms with Crippen LogP contribution in [0.1, 0.15) is 5.56 Å². The van der Waals surface area contributed by atoms with Crippen LogP contribution >= 0.6 is 15.9 Å². The standard InChI is InChI=1S/C13H7BrF3NO/c14-8-4-12(11(17)5-10(8)16)18-6-7-2-1-3-9(15)13(7)19/h1-6,19H/b18-6+. The minimum Gasteiger partial charge on any atom is -0.504 e. The summed E-state index contributed by atoms with van der Waals surface area (Å²) >= 11 is 2.91. The lowest BCUT2D eigenvalue weighted by Crippen LogP contribution is -1.87. The van der Waals surface area contributed by atoms with Gasteiger partial charge in [0.1, 0.15) is 5.82 Å². The summed E-state index contributed by atoms with van der Waals surface area (Å²) in [7, 11) is 0. The number of phenols is 1. The van der Waals surface area contributed by atoms with Crippen molar-refractivity contribution in [1.29, 1.82) is 0 Å². The molecule has 0 saturated carbocycles. The van der Waals surface area contributed by atoms with Gasteiger partial charge in [-0.2, -0.15) is 0 Å². The minimum atomic E-state index is -0.854. The van der Waals surface area contributed by atoms with E-state index in [4.69, 9.17) is 0 Å². The maximum absolute atomic E-state index is 13.4. The zero-order valence-corrected chi connectivity index (χ0v) is 11.0. The maximum Gasteiger partial charge on any atom is 0.165 e. The number of aliphatic imine (C=N–C) groups is 1. The molecule has 0 aliphatic heterocycles. The van der Waals surface area contributed by atoms with Gasteiger partial charge in [0.2, 0.25) is 0 Å². The number of aromatic hydroxyl groups is 1. The fourth-order valence-electron chi connectivity index (χ4n) is 1.39. The molecule has 0 aliphatic carbocycles. The second kappa shape index (κ2) is 5.44. The van der Waals surface area contributed by atoms with Crippen LogP contribution in [0.2, 0.25) is 0 Å². The van der Waals surface area contributed by atoms with Crippen molar-refractivity contribution in [2.45, 2.75) is 0 Å². The van der Waals surface area contributed by atoms with E-state index in [9.17, 15) is 18.3 Å². The van der Waals surface area contributed by atoms with Crippen LogP contribution in [0.4, 0.5) is 18.9 Å². The molecule has 0 spiro atoms. The van der Waals surface area contributed by atoms with Gasteiger partial charge in [-0.25, -0.2) is 13.2 Å². The Hall–Kier alpha value is -1.82. The van der Waals surface area contributed by atoms with Crippen LogP contribution in [0.25, 0.3) is 0 Å². The molecule has 0 fully saturated rings. The van der Waals surface area contributed by atoms with Crippen molar-refractivity contribution in [2.75, 3.05) is 0 Å². The molecule has 98 valence electrons. The first-order chi connectivity index (χ1) is 8.99. The zero-order valence-electron chi connectivity index (χ0n) is 9.37. The minimum absolute atomic E-state index is 0.0597. The summed E-state index contributed by atoms with van der Waals surface area (Å²) in [6.07, 6.45) is 1.10. The van der Waals surface area contributed by atoms with Crippen LogP contribution in [0.15, 0.2) is 39.8 Å². The Bertz CT molecular complexity index is 659. The molecule has 0 aromatic heterocycles. The van der Waals surface area contributed by atoms with Gasteiger partial charge in [0.25, 0.3) is 0 Å². The summed E-state index contributed by atoms with van der Waals surface area (Å²) < 4.78 is 39.5. The molecule has 0 radical (unpaired) electrons. The third-order valence-corrected chi connectivity index (χ3v) is 2.96. The Morgan fingerprint density at radius 1 is 1.05 bits per heavy atom. The summed E-state index contributed by atoms with van der Waals surface area (Å²) in [5.41, 5.74) is -0.0308. The lowest BCUT2D eigenvalue weighted by molar-refractivity contribution is 0.431. The third-order valence-electron chi connectivity index (χ3n) is 2.35. The average molecular weight is 330 g/mol. The number of halogens is 4. The van der Waals surface area contributed by atoms with Gasteiger partial charge in [0.15, 0.2) is 17.4 Å². The van der Waals surface area contributed by atoms with Crippen LogP contribution in [0.3, 0.4) is 0 Å². The first-order valence-corrected chi connectivity index (χ1v) is 5.94. The molecule has 2 rings (SSSR count). The van der Waals surface area contributed by atoms with E-state index in [0.29, 0.717) is 6.07 Å². The molecule has 0 saturated heterocycles. The lowest BCUT2D eigenvalue weighted by Gasteiger charge is -2.01. The molecule has 2 aromatic carbocycles. The summed E-state index contributed by atoms with van der Waals surface area (Å²) in [6.45, 7) is 0. The van der Waals surface area contributed by atoms with Gasteiger partial charge in [-0.05, 0) is 34.1 Å². The zero-order chi connectivity index (χ0) is 14.0. The average Bonchev–Trinajstić information content (AvgIpc) is 2.37. The predicted molar refractivity (Wildman–Crippen MR) is 69.4 cm³/mol. The van der Waals surface area contributed by atoms with Crippen LogP contribution in [-0.4, -0.2) is 11.3 Å². The van der Waals surface area contributed by atoms with E-state index >= 15 is 0 Å². The Balaban J connectivity index is 2.38. The quantitative estimate of drug-likeness (QED) is 0.645. The van der Waals surface area contributed by atoms with E-state index in [1.165, 1.54) is 12.1 Å². The van der Waals surface area contributed by atoms with E-state index < -0.39 is 23.2 Å². The van der Waals surface area contributed by atoms with E-state index in [0.717, 1.165) is 18.3 Å². The smallest absolute Gasteiger partial charge is 0.165 e. The van der Waals surface area contributed by atoms with Gasteiger partial charge in [-0.15, -0.1) is 0 Å². The van der Waals surface area contributed by atoms with Crippen molar-refractivity contribution >= 4 is 27.8 Å². The van der Waals surface area contributed by atoms with Crippen molar-refractivity contribution in [2.24, 2.45) is 4.99 Å². The monoisotopic (exact) mass is 329 g/mol. The first kappa shape index (κ1) is 13.6. The van der Waals surface area contributed by atoms with Crippen molar-refractivity contribution < 1.29 is 18.3 Å². The molecule has 0 unspecified atom stereocenters. The van der Waals surface area contributed by atoms with Gasteiger partial charge in [0.05, 0.1) is 10.2 Å². The summed E-state index contributed by atoms with van der Waals surface area (Å²) in [5, 5.41) is 9.41. The van der Waals surface area contributed by atoms with Gasteiger partial charge in [-0.3, -0.25) is 4.99 Å². The Morgan fingerprint density at radius 3 is 2.53 bits per heavy atom. The SMILES string of the molecule is Oc1c(F)cccc1/C=N/c1cc(Br)c(F)cc1F. The van der Waals surface area contributed by atoms with Crippen LogP contribution in [0, 0.1) is 17.5 Å². The van der Waals surface area contributed by atoms with Crippen LogP contribution < -0.4 is 0 Å². The van der Waals surface area contributed by atoms with Crippen molar-refractivity contribution in [3.05, 3.63) is 57.8 Å². The van der Waals surface area contributed by atoms with E-state index in [1.54, 1.807) is 0 Å². The highest BCUT2D eigenvalue weighted by atomic mass is 79.9. The molecular weight excluding hydrogens is 323 g/mol. The first-order valence-electron chi connectivity index (χ1n) is 5.15. The van der Waals surface area contributed by atoms with Crippen molar-refractivity contribution in [1.82, 2.24) is 0 Å². The Morgan fingerprint density at radius 2 is 1.79 bits per heavy atom. The van der Waals surface area contributed by atoms with Gasteiger partial charge in [-0.1, -0.05) is 6.07 Å². The highest BCUT2D eigenvalue weighted by Gasteiger charge is 2.08. The maximum atomic E-state index is 13.4. The topological polar surface area (TPSA) is 32.6 Å². The van der Waals surface area contributed by atoms with Crippen LogP contribution in [0.5, 0.6) is 5.75 Å². The number of para-hydroxylation sites is 1. The molecule has 2 nitrogen and oxygen atoms in total. The number of nitrogens with zero attached hydrogens (tertiary/aromatic N) is 1. The normalized spacial score (nSPS) is 11.2. The third kappa shape index (κ3) is 2.96. The molecule has 2 aromatic rings. The molecule has 0 aliphatic rings. The van der Waals surface area contributed by atoms with Gasteiger partial charge < -0.3 is 5.11 Å². The molecule has 1 N–H and O–H groups in total. The van der Waals surface area contributed by atoms with Crippen molar-refractivity contribution in [3.63, 3.8) is 0 Å². The molecule has 0 amide bonds. The van der Waals surface area contributed by atoms with Crippen molar-refractivity contribution in [3.8, 4) is 5.75 Å².